The van der Waals surface area contributed by atoms with Gasteiger partial charge in [-0.15, -0.1) is 11.6 Å². The van der Waals surface area contributed by atoms with Crippen LogP contribution in [0.2, 0.25) is 0 Å². The Morgan fingerprint density at radius 2 is 1.50 bits per heavy atom. The van der Waals surface area contributed by atoms with E-state index in [1.807, 2.05) is 42.5 Å². The normalized spacial score (nSPS) is 13.5. The molecule has 2 aromatic carbocycles. The van der Waals surface area contributed by atoms with E-state index in [9.17, 15) is 0 Å². The van der Waals surface area contributed by atoms with Gasteiger partial charge in [0.05, 0.1) is 0 Å². The molecule has 1 heterocycles. The molecule has 0 spiro atoms. The summed E-state index contributed by atoms with van der Waals surface area (Å²) in [6.07, 6.45) is 9.59. The number of benzene rings is 1. The molecular weight excluding hydrogens is 480 g/mol. The topological polar surface area (TPSA) is 4.93 Å². The predicted molar refractivity (Wildman–Crippen MR) is 78.8 cm³/mol. The summed E-state index contributed by atoms with van der Waals surface area (Å²) >= 11 is 0. The van der Waals surface area contributed by atoms with Crippen molar-refractivity contribution in [2.75, 3.05) is 0 Å². The molecule has 0 N–H and O–H groups in total. The van der Waals surface area contributed by atoms with Gasteiger partial charge < -0.3 is 29.4 Å². The zero-order valence-corrected chi connectivity index (χ0v) is 17.0. The third kappa shape index (κ3) is 5.05. The van der Waals surface area contributed by atoms with Crippen LogP contribution < -0.4 is 24.8 Å². The molecule has 3 aromatic rings. The quantitative estimate of drug-likeness (QED) is 0.281. The summed E-state index contributed by atoms with van der Waals surface area (Å²) in [5.74, 6) is 0. The van der Waals surface area contributed by atoms with E-state index in [4.69, 9.17) is 0 Å². The largest absolute Gasteiger partial charge is 4.00 e. The van der Waals surface area contributed by atoms with Gasteiger partial charge in [0, 0.05) is 12.4 Å². The summed E-state index contributed by atoms with van der Waals surface area (Å²) < 4.78 is 2.17. The van der Waals surface area contributed by atoms with Crippen LogP contribution in [0.4, 0.5) is 0 Å². The first kappa shape index (κ1) is 21.0. The van der Waals surface area contributed by atoms with Gasteiger partial charge in [-0.3, -0.25) is 0 Å². The zero-order valence-electron chi connectivity index (χ0n) is 11.9. The van der Waals surface area contributed by atoms with Crippen LogP contribution in [0.15, 0.2) is 79.1 Å². The van der Waals surface area contributed by atoms with E-state index >= 15 is 0 Å². The van der Waals surface area contributed by atoms with E-state index in [0.29, 0.717) is 0 Å². The van der Waals surface area contributed by atoms with Crippen LogP contribution in [0, 0.1) is 6.08 Å². The average molecular weight is 495 g/mol. The van der Waals surface area contributed by atoms with Gasteiger partial charge in [0.15, 0.2) is 0 Å². The van der Waals surface area contributed by atoms with Crippen molar-refractivity contribution >= 4 is 6.08 Å². The summed E-state index contributed by atoms with van der Waals surface area (Å²) in [6.45, 7) is 0. The van der Waals surface area contributed by atoms with Gasteiger partial charge >= 0.3 is 25.8 Å². The molecule has 110 valence electrons. The molecule has 0 aliphatic heterocycles. The minimum Gasteiger partial charge on any atom is -1.00 e. The summed E-state index contributed by atoms with van der Waals surface area (Å²) in [4.78, 5) is 0. The molecule has 1 aliphatic carbocycles. The van der Waals surface area contributed by atoms with Gasteiger partial charge in [-0.05, 0) is 18.2 Å². The van der Waals surface area contributed by atoms with Gasteiger partial charge in [0.1, 0.15) is 0 Å². The molecule has 4 rings (SSSR count). The maximum Gasteiger partial charge on any atom is 4.00 e. The Balaban J connectivity index is 0.000000482. The molecule has 0 saturated carbocycles. The van der Waals surface area contributed by atoms with Crippen LogP contribution in [0.1, 0.15) is 17.2 Å². The summed E-state index contributed by atoms with van der Waals surface area (Å²) in [5, 5.41) is 0. The van der Waals surface area contributed by atoms with E-state index in [1.165, 1.54) is 11.1 Å². The number of allylic oxidation sites excluding steroid dienone is 1. The molecular formula is C18H15Cl2HfN. The second-order valence-corrected chi connectivity index (χ2v) is 4.43. The molecule has 0 radical (unpaired) electrons. The Kier molecular flexibility index (Phi) is 10.2. The number of rotatable bonds is 1. The standard InChI is InChI=1S/C13H10N.C5H5.2ClH.Hf/c1-2-6-12-11(5-1)7-8-13(12)14-9-3-4-10-14;1-2-4-5-3-1;;;/h1-7,9-10,13H;1-5H;2*1H;/q2*-1;;;+4/p-2. The van der Waals surface area contributed by atoms with Crippen molar-refractivity contribution in [3.8, 4) is 0 Å². The zero-order chi connectivity index (χ0) is 12.9. The molecule has 0 fully saturated rings. The number of hydrogen-bond donors (Lipinski definition) is 0. The summed E-state index contributed by atoms with van der Waals surface area (Å²) in [5.41, 5.74) is 2.62. The van der Waals surface area contributed by atoms with Crippen LogP contribution in [-0.4, -0.2) is 4.57 Å². The van der Waals surface area contributed by atoms with Crippen LogP contribution in [0.5, 0.6) is 0 Å². The fraction of sp³-hybridized carbons (Fsp3) is 0.0556. The van der Waals surface area contributed by atoms with Crippen molar-refractivity contribution in [2.24, 2.45) is 0 Å². The second-order valence-electron chi connectivity index (χ2n) is 4.43. The van der Waals surface area contributed by atoms with Gasteiger partial charge in [-0.1, -0.05) is 18.2 Å². The molecule has 0 amide bonds. The molecule has 22 heavy (non-hydrogen) atoms. The Morgan fingerprint density at radius 1 is 0.864 bits per heavy atom. The fourth-order valence-electron chi connectivity index (χ4n) is 2.24. The Bertz CT molecular complexity index is 628. The number of hydrogen-bond acceptors (Lipinski definition) is 0. The monoisotopic (exact) mass is 495 g/mol. The Morgan fingerprint density at radius 3 is 2.09 bits per heavy atom. The van der Waals surface area contributed by atoms with Crippen LogP contribution >= 0.6 is 0 Å². The maximum absolute atomic E-state index is 3.36. The van der Waals surface area contributed by atoms with Crippen LogP contribution in [0.25, 0.3) is 6.08 Å². The van der Waals surface area contributed by atoms with Crippen molar-refractivity contribution in [3.05, 3.63) is 96.3 Å². The average Bonchev–Trinajstić information content (AvgIpc) is 3.21. The molecule has 0 saturated heterocycles. The number of fused-ring (bicyclic) bond motifs is 1. The van der Waals surface area contributed by atoms with Crippen molar-refractivity contribution in [1.82, 2.24) is 4.57 Å². The number of halogens is 2. The summed E-state index contributed by atoms with van der Waals surface area (Å²) in [7, 11) is 0. The van der Waals surface area contributed by atoms with Crippen molar-refractivity contribution in [2.45, 2.75) is 6.04 Å². The first-order valence-electron chi connectivity index (χ1n) is 6.42. The third-order valence-corrected chi connectivity index (χ3v) is 3.17. The van der Waals surface area contributed by atoms with E-state index in [2.05, 4.69) is 53.4 Å². The van der Waals surface area contributed by atoms with Gasteiger partial charge in [0.2, 0.25) is 0 Å². The van der Waals surface area contributed by atoms with Gasteiger partial charge in [-0.25, -0.2) is 24.3 Å². The molecule has 1 aromatic heterocycles. The van der Waals surface area contributed by atoms with Crippen LogP contribution in [0.3, 0.4) is 0 Å². The van der Waals surface area contributed by atoms with E-state index in [1.54, 1.807) is 0 Å². The SMILES string of the molecule is [C-]1=Cc2ccccc2C1n1cccc1.[Cl-].[Cl-].[Hf+4].c1cc[cH-]c1. The first-order chi connectivity index (χ1) is 9.45. The fourth-order valence-corrected chi connectivity index (χ4v) is 2.24. The predicted octanol–water partition coefficient (Wildman–Crippen LogP) is -1.68. The van der Waals surface area contributed by atoms with E-state index in [0.717, 1.165) is 0 Å². The van der Waals surface area contributed by atoms with Gasteiger partial charge in [0.25, 0.3) is 0 Å². The smallest absolute Gasteiger partial charge is 1.00 e. The maximum atomic E-state index is 3.36. The number of nitrogens with zero attached hydrogens (tertiary/aromatic N) is 1. The number of aromatic nitrogens is 1. The van der Waals surface area contributed by atoms with Crippen molar-refractivity contribution in [1.29, 1.82) is 0 Å². The van der Waals surface area contributed by atoms with E-state index < -0.39 is 0 Å². The van der Waals surface area contributed by atoms with Gasteiger partial charge in [-0.2, -0.15) is 23.8 Å². The molecule has 1 atom stereocenters. The Hall–Kier alpha value is -0.960. The van der Waals surface area contributed by atoms with E-state index in [-0.39, 0.29) is 56.7 Å². The molecule has 0 bridgehead atoms. The Labute approximate surface area is 163 Å². The molecule has 1 aliphatic rings. The van der Waals surface area contributed by atoms with Crippen molar-refractivity contribution in [3.63, 3.8) is 0 Å². The first-order valence-corrected chi connectivity index (χ1v) is 6.42. The molecule has 4 heteroatoms. The van der Waals surface area contributed by atoms with Crippen molar-refractivity contribution < 1.29 is 50.7 Å². The second kappa shape index (κ2) is 10.7. The minimum absolute atomic E-state index is 0. The minimum atomic E-state index is 0. The molecule has 1 nitrogen and oxygen atoms in total. The molecule has 1 unspecified atom stereocenters. The summed E-state index contributed by atoms with van der Waals surface area (Å²) in [6, 6.07) is 22.8. The third-order valence-electron chi connectivity index (χ3n) is 3.17. The van der Waals surface area contributed by atoms with Crippen LogP contribution in [-0.2, 0) is 25.8 Å².